The highest BCUT2D eigenvalue weighted by Gasteiger charge is 2.33. The van der Waals surface area contributed by atoms with E-state index >= 15 is 0 Å². The zero-order valence-corrected chi connectivity index (χ0v) is 18.3. The molecule has 1 unspecified atom stereocenters. The van der Waals surface area contributed by atoms with Crippen LogP contribution >= 0.6 is 0 Å². The number of rotatable bonds is 4. The number of nitrogens with one attached hydrogen (secondary N) is 1. The normalized spacial score (nSPS) is 17.3. The molecule has 7 nitrogen and oxygen atoms in total. The fourth-order valence-electron chi connectivity index (χ4n) is 4.05. The van der Waals surface area contributed by atoms with E-state index < -0.39 is 11.5 Å². The number of ether oxygens (including phenoxy) is 2. The van der Waals surface area contributed by atoms with Gasteiger partial charge in [-0.15, -0.1) is 0 Å². The summed E-state index contributed by atoms with van der Waals surface area (Å²) in [6.07, 6.45) is 3.03. The number of hydrogen-bond donors (Lipinski definition) is 1. The lowest BCUT2D eigenvalue weighted by Crippen LogP contribution is -2.47. The quantitative estimate of drug-likeness (QED) is 0.816. The van der Waals surface area contributed by atoms with Crippen LogP contribution in [-0.4, -0.2) is 41.6 Å². The van der Waals surface area contributed by atoms with Crippen LogP contribution in [0.15, 0.2) is 42.6 Å². The maximum Gasteiger partial charge on any atom is 0.231 e. The van der Waals surface area contributed by atoms with Gasteiger partial charge in [0.2, 0.25) is 18.6 Å². The zero-order valence-electron chi connectivity index (χ0n) is 18.3. The molecule has 2 aliphatic rings. The molecule has 1 aromatic heterocycles. The molecule has 3 heterocycles. The summed E-state index contributed by atoms with van der Waals surface area (Å²) < 4.78 is 10.9. The highest BCUT2D eigenvalue weighted by atomic mass is 16.7. The Balaban J connectivity index is 1.48. The van der Waals surface area contributed by atoms with Gasteiger partial charge in [-0.25, -0.2) is 0 Å². The first-order chi connectivity index (χ1) is 14.8. The lowest BCUT2D eigenvalue weighted by Gasteiger charge is -2.35. The molecule has 164 valence electrons. The zero-order chi connectivity index (χ0) is 22.0. The molecule has 0 saturated carbocycles. The highest BCUT2D eigenvalue weighted by molar-refractivity contribution is 5.83. The molecule has 2 aromatic rings. The van der Waals surface area contributed by atoms with E-state index in [0.717, 1.165) is 11.3 Å². The van der Waals surface area contributed by atoms with Gasteiger partial charge >= 0.3 is 0 Å². The number of benzene rings is 1. The summed E-state index contributed by atoms with van der Waals surface area (Å²) in [5.41, 5.74) is 1.24. The molecule has 2 aliphatic heterocycles. The van der Waals surface area contributed by atoms with Gasteiger partial charge in [-0.05, 0) is 42.7 Å². The van der Waals surface area contributed by atoms with Gasteiger partial charge in [0, 0.05) is 30.6 Å². The molecule has 0 radical (unpaired) electrons. The van der Waals surface area contributed by atoms with Crippen LogP contribution < -0.4 is 14.8 Å². The lowest BCUT2D eigenvalue weighted by atomic mass is 9.90. The first-order valence-corrected chi connectivity index (χ1v) is 10.7. The minimum Gasteiger partial charge on any atom is -0.454 e. The number of likely N-dealkylation sites (tertiary alicyclic amines) is 1. The minimum atomic E-state index is -0.404. The Morgan fingerprint density at radius 3 is 2.52 bits per heavy atom. The van der Waals surface area contributed by atoms with Crippen molar-refractivity contribution < 1.29 is 19.1 Å². The largest absolute Gasteiger partial charge is 0.454 e. The number of amides is 2. The average Bonchev–Trinajstić information content (AvgIpc) is 3.25. The molecular weight excluding hydrogens is 394 g/mol. The standard InChI is InChI=1S/C24H29N3O4/c1-24(2,3)23(29)27-12-9-16(10-13-27)22(28)26-21(18-6-4-5-11-25-18)17-7-8-19-20(14-17)31-15-30-19/h4-8,11,14,16,21H,9-10,12-13,15H2,1-3H3,(H,26,28). The summed E-state index contributed by atoms with van der Waals surface area (Å²) in [6, 6.07) is 11.0. The summed E-state index contributed by atoms with van der Waals surface area (Å²) >= 11 is 0. The number of nitrogens with zero attached hydrogens (tertiary/aromatic N) is 2. The molecule has 0 spiro atoms. The summed E-state index contributed by atoms with van der Waals surface area (Å²) in [7, 11) is 0. The first-order valence-electron chi connectivity index (χ1n) is 10.7. The fraction of sp³-hybridized carbons (Fsp3) is 0.458. The van der Waals surface area contributed by atoms with Crippen molar-refractivity contribution in [3.8, 4) is 11.5 Å². The van der Waals surface area contributed by atoms with Crippen molar-refractivity contribution >= 4 is 11.8 Å². The number of piperidine rings is 1. The number of pyridine rings is 1. The van der Waals surface area contributed by atoms with Gasteiger partial charge in [0.15, 0.2) is 11.5 Å². The van der Waals surface area contributed by atoms with Crippen molar-refractivity contribution in [2.45, 2.75) is 39.7 Å². The fourth-order valence-corrected chi connectivity index (χ4v) is 4.05. The summed E-state index contributed by atoms with van der Waals surface area (Å²) in [5.74, 6) is 1.35. The van der Waals surface area contributed by atoms with Crippen LogP contribution in [0.5, 0.6) is 11.5 Å². The van der Waals surface area contributed by atoms with E-state index in [4.69, 9.17) is 9.47 Å². The number of hydrogen-bond acceptors (Lipinski definition) is 5. The van der Waals surface area contributed by atoms with Gasteiger partial charge in [-0.3, -0.25) is 14.6 Å². The predicted octanol–water partition coefficient (Wildman–Crippen LogP) is 3.30. The monoisotopic (exact) mass is 423 g/mol. The maximum atomic E-state index is 13.2. The lowest BCUT2D eigenvalue weighted by molar-refractivity contribution is -0.142. The third-order valence-electron chi connectivity index (χ3n) is 5.79. The van der Waals surface area contributed by atoms with Crippen molar-refractivity contribution in [1.29, 1.82) is 0 Å². The number of carbonyl (C=O) groups excluding carboxylic acids is 2. The molecule has 1 atom stereocenters. The van der Waals surface area contributed by atoms with Gasteiger partial charge in [0.25, 0.3) is 0 Å². The van der Waals surface area contributed by atoms with Crippen LogP contribution in [-0.2, 0) is 9.59 Å². The van der Waals surface area contributed by atoms with E-state index in [0.29, 0.717) is 37.4 Å². The van der Waals surface area contributed by atoms with Gasteiger partial charge in [0.1, 0.15) is 0 Å². The van der Waals surface area contributed by atoms with Crippen molar-refractivity contribution in [2.75, 3.05) is 19.9 Å². The Hall–Kier alpha value is -3.09. The van der Waals surface area contributed by atoms with Crippen LogP contribution in [0.2, 0.25) is 0 Å². The van der Waals surface area contributed by atoms with Gasteiger partial charge in [0.05, 0.1) is 11.7 Å². The molecule has 2 amide bonds. The van der Waals surface area contributed by atoms with Crippen LogP contribution in [0.4, 0.5) is 0 Å². The highest BCUT2D eigenvalue weighted by Crippen LogP contribution is 2.35. The van der Waals surface area contributed by atoms with Gasteiger partial charge < -0.3 is 19.7 Å². The Bertz CT molecular complexity index is 947. The van der Waals surface area contributed by atoms with Crippen molar-refractivity contribution in [2.24, 2.45) is 11.3 Å². The topological polar surface area (TPSA) is 80.8 Å². The van der Waals surface area contributed by atoms with E-state index in [1.165, 1.54) is 0 Å². The van der Waals surface area contributed by atoms with Crippen molar-refractivity contribution in [3.63, 3.8) is 0 Å². The molecule has 0 bridgehead atoms. The van der Waals surface area contributed by atoms with Crippen LogP contribution in [0.25, 0.3) is 0 Å². The average molecular weight is 424 g/mol. The second-order valence-corrected chi connectivity index (χ2v) is 9.13. The summed E-state index contributed by atoms with van der Waals surface area (Å²) in [5, 5.41) is 3.18. The molecule has 1 N–H and O–H groups in total. The third kappa shape index (κ3) is 4.65. The van der Waals surface area contributed by atoms with Crippen LogP contribution in [0, 0.1) is 11.3 Å². The first kappa shape index (κ1) is 21.2. The smallest absolute Gasteiger partial charge is 0.231 e. The predicted molar refractivity (Wildman–Crippen MR) is 116 cm³/mol. The maximum absolute atomic E-state index is 13.2. The molecule has 1 saturated heterocycles. The van der Waals surface area contributed by atoms with Crippen LogP contribution in [0.3, 0.4) is 0 Å². The molecule has 7 heteroatoms. The summed E-state index contributed by atoms with van der Waals surface area (Å²) in [4.78, 5) is 32.0. The Labute approximate surface area is 182 Å². The third-order valence-corrected chi connectivity index (χ3v) is 5.79. The summed E-state index contributed by atoms with van der Waals surface area (Å²) in [6.45, 7) is 7.19. The van der Waals surface area contributed by atoms with E-state index in [2.05, 4.69) is 10.3 Å². The molecule has 1 aromatic carbocycles. The Morgan fingerprint density at radius 1 is 1.10 bits per heavy atom. The second-order valence-electron chi connectivity index (χ2n) is 9.13. The number of carbonyl (C=O) groups is 2. The Kier molecular flexibility index (Phi) is 5.85. The Morgan fingerprint density at radius 2 is 1.84 bits per heavy atom. The molecule has 31 heavy (non-hydrogen) atoms. The molecule has 0 aliphatic carbocycles. The van der Waals surface area contributed by atoms with Gasteiger partial charge in [-0.1, -0.05) is 32.9 Å². The molecule has 1 fully saturated rings. The SMILES string of the molecule is CC(C)(C)C(=O)N1CCC(C(=O)NC(c2ccc3c(c2)OCO3)c2ccccn2)CC1. The molecular formula is C24H29N3O4. The van der Waals surface area contributed by atoms with E-state index in [-0.39, 0.29) is 24.5 Å². The second kappa shape index (κ2) is 8.57. The number of fused-ring (bicyclic) bond motifs is 1. The van der Waals surface area contributed by atoms with Gasteiger partial charge in [-0.2, -0.15) is 0 Å². The van der Waals surface area contributed by atoms with Crippen molar-refractivity contribution in [3.05, 3.63) is 53.9 Å². The van der Waals surface area contributed by atoms with Crippen LogP contribution in [0.1, 0.15) is 50.9 Å². The van der Waals surface area contributed by atoms with E-state index in [1.54, 1.807) is 6.20 Å². The molecule has 4 rings (SSSR count). The number of aromatic nitrogens is 1. The van der Waals surface area contributed by atoms with Crippen molar-refractivity contribution in [1.82, 2.24) is 15.2 Å². The minimum absolute atomic E-state index is 0.0174. The van der Waals surface area contributed by atoms with E-state index in [1.807, 2.05) is 62.1 Å². The van der Waals surface area contributed by atoms with E-state index in [9.17, 15) is 9.59 Å².